The van der Waals surface area contributed by atoms with Gasteiger partial charge in [-0.2, -0.15) is 9.97 Å². The lowest BCUT2D eigenvalue weighted by atomic mass is 10.1. The molecule has 20 heavy (non-hydrogen) atoms. The molecule has 5 heteroatoms. The predicted octanol–water partition coefficient (Wildman–Crippen LogP) is 2.54. The summed E-state index contributed by atoms with van der Waals surface area (Å²) in [4.78, 5) is 8.34. The molecule has 0 saturated carbocycles. The summed E-state index contributed by atoms with van der Waals surface area (Å²) < 4.78 is 0. The summed E-state index contributed by atoms with van der Waals surface area (Å²) in [6.45, 7) is 3.80. The van der Waals surface area contributed by atoms with E-state index in [1.807, 2.05) is 24.3 Å². The van der Waals surface area contributed by atoms with Gasteiger partial charge in [-0.05, 0) is 18.4 Å². The van der Waals surface area contributed by atoms with Gasteiger partial charge in [-0.1, -0.05) is 37.3 Å². The second-order valence-corrected chi connectivity index (χ2v) is 4.59. The van der Waals surface area contributed by atoms with E-state index < -0.39 is 0 Å². The molecule has 0 radical (unpaired) electrons. The van der Waals surface area contributed by atoms with Gasteiger partial charge in [0.1, 0.15) is 11.6 Å². The van der Waals surface area contributed by atoms with E-state index in [0.29, 0.717) is 0 Å². The minimum Gasteiger partial charge on any atom is -0.370 e. The highest BCUT2D eigenvalue weighted by Gasteiger charge is 2.01. The molecular weight excluding hydrogens is 250 g/mol. The van der Waals surface area contributed by atoms with Gasteiger partial charge in [-0.25, -0.2) is 0 Å². The van der Waals surface area contributed by atoms with E-state index in [1.54, 1.807) is 0 Å². The lowest BCUT2D eigenvalue weighted by Crippen LogP contribution is -2.10. The number of nitrogens with two attached hydrogens (primary N) is 1. The average Bonchev–Trinajstić information content (AvgIpc) is 2.46. The minimum absolute atomic E-state index is 0.285. The van der Waals surface area contributed by atoms with Crippen LogP contribution >= 0.6 is 0 Å². The second kappa shape index (κ2) is 7.33. The molecule has 1 aromatic heterocycles. The van der Waals surface area contributed by atoms with Crippen molar-refractivity contribution in [3.8, 4) is 0 Å². The Labute approximate surface area is 119 Å². The molecule has 0 spiro atoms. The number of aromatic nitrogens is 2. The van der Waals surface area contributed by atoms with Crippen LogP contribution in [0.3, 0.4) is 0 Å². The summed E-state index contributed by atoms with van der Waals surface area (Å²) in [6.07, 6.45) is 1.99. The highest BCUT2D eigenvalue weighted by molar-refractivity contribution is 5.51. The van der Waals surface area contributed by atoms with Crippen molar-refractivity contribution in [1.82, 2.24) is 9.97 Å². The van der Waals surface area contributed by atoms with Crippen molar-refractivity contribution in [3.05, 3.63) is 42.0 Å². The molecule has 1 aromatic carbocycles. The molecule has 2 aromatic rings. The highest BCUT2D eigenvalue weighted by Crippen LogP contribution is 2.12. The number of hydrogen-bond donors (Lipinski definition) is 3. The fraction of sp³-hybridized carbons (Fsp3) is 0.333. The number of nitrogens with zero attached hydrogens (tertiary/aromatic N) is 2. The van der Waals surface area contributed by atoms with Gasteiger partial charge in [0.05, 0.1) is 0 Å². The van der Waals surface area contributed by atoms with Crippen LogP contribution in [0.4, 0.5) is 17.6 Å². The van der Waals surface area contributed by atoms with Gasteiger partial charge in [0, 0.05) is 19.2 Å². The van der Waals surface area contributed by atoms with Crippen molar-refractivity contribution in [1.29, 1.82) is 0 Å². The maximum absolute atomic E-state index is 5.71. The van der Waals surface area contributed by atoms with E-state index >= 15 is 0 Å². The first-order chi connectivity index (χ1) is 9.78. The lowest BCUT2D eigenvalue weighted by Gasteiger charge is -2.09. The van der Waals surface area contributed by atoms with Crippen LogP contribution in [0.1, 0.15) is 18.9 Å². The molecule has 4 N–H and O–H groups in total. The van der Waals surface area contributed by atoms with Gasteiger partial charge in [-0.15, -0.1) is 0 Å². The summed E-state index contributed by atoms with van der Waals surface area (Å²) in [6, 6.07) is 12.2. The fourth-order valence-corrected chi connectivity index (χ4v) is 1.88. The van der Waals surface area contributed by atoms with E-state index in [9.17, 15) is 0 Å². The summed E-state index contributed by atoms with van der Waals surface area (Å²) >= 11 is 0. The van der Waals surface area contributed by atoms with Gasteiger partial charge in [-0.3, -0.25) is 0 Å². The van der Waals surface area contributed by atoms with Crippen LogP contribution in [-0.4, -0.2) is 23.1 Å². The Morgan fingerprint density at radius 2 is 1.65 bits per heavy atom. The van der Waals surface area contributed by atoms with E-state index in [4.69, 9.17) is 5.73 Å². The Balaban J connectivity index is 1.90. The molecule has 0 bridgehead atoms. The van der Waals surface area contributed by atoms with Crippen molar-refractivity contribution in [3.63, 3.8) is 0 Å². The van der Waals surface area contributed by atoms with Crippen LogP contribution < -0.4 is 16.4 Å². The van der Waals surface area contributed by atoms with Crippen molar-refractivity contribution in [2.45, 2.75) is 19.8 Å². The van der Waals surface area contributed by atoms with Crippen molar-refractivity contribution in [2.24, 2.45) is 0 Å². The Hall–Kier alpha value is -2.30. The smallest absolute Gasteiger partial charge is 0.223 e. The normalized spacial score (nSPS) is 10.2. The number of nitrogens with one attached hydrogen (secondary N) is 2. The molecule has 0 amide bonds. The zero-order valence-corrected chi connectivity index (χ0v) is 11.8. The Kier molecular flexibility index (Phi) is 5.17. The second-order valence-electron chi connectivity index (χ2n) is 4.59. The lowest BCUT2D eigenvalue weighted by molar-refractivity contribution is 0.962. The standard InChI is InChI=1S/C15H21N5/c1-2-9-17-13-11-14(20-15(16)19-13)18-10-8-12-6-4-3-5-7-12/h3-7,11H,2,8-10H2,1H3,(H4,16,17,18,19,20). The molecule has 106 valence electrons. The van der Waals surface area contributed by atoms with Crippen LogP contribution in [0.2, 0.25) is 0 Å². The van der Waals surface area contributed by atoms with Crippen LogP contribution in [-0.2, 0) is 6.42 Å². The summed E-state index contributed by atoms with van der Waals surface area (Å²) in [5, 5.41) is 6.49. The van der Waals surface area contributed by atoms with Gasteiger partial charge in [0.15, 0.2) is 0 Å². The largest absolute Gasteiger partial charge is 0.370 e. The quantitative estimate of drug-likeness (QED) is 0.721. The first-order valence-electron chi connectivity index (χ1n) is 6.94. The van der Waals surface area contributed by atoms with Crippen LogP contribution in [0, 0.1) is 0 Å². The van der Waals surface area contributed by atoms with E-state index in [0.717, 1.165) is 37.6 Å². The third kappa shape index (κ3) is 4.42. The van der Waals surface area contributed by atoms with Crippen LogP contribution in [0.15, 0.2) is 36.4 Å². The molecule has 0 atom stereocenters. The molecule has 5 nitrogen and oxygen atoms in total. The highest BCUT2D eigenvalue weighted by atomic mass is 15.1. The summed E-state index contributed by atoms with van der Waals surface area (Å²) in [7, 11) is 0. The van der Waals surface area contributed by atoms with Gasteiger partial charge < -0.3 is 16.4 Å². The first kappa shape index (κ1) is 14.1. The Bertz CT molecular complexity index is 527. The maximum atomic E-state index is 5.71. The molecule has 0 saturated heterocycles. The van der Waals surface area contributed by atoms with Crippen molar-refractivity contribution < 1.29 is 0 Å². The van der Waals surface area contributed by atoms with E-state index in [1.165, 1.54) is 5.56 Å². The topological polar surface area (TPSA) is 75.9 Å². The zero-order chi connectivity index (χ0) is 14.2. The SMILES string of the molecule is CCCNc1cc(NCCc2ccccc2)nc(N)n1. The number of nitrogen functional groups attached to an aromatic ring is 1. The van der Waals surface area contributed by atoms with Crippen LogP contribution in [0.25, 0.3) is 0 Å². The van der Waals surface area contributed by atoms with Crippen molar-refractivity contribution >= 4 is 17.6 Å². The zero-order valence-electron chi connectivity index (χ0n) is 11.8. The molecule has 1 heterocycles. The molecule has 0 aliphatic carbocycles. The third-order valence-electron chi connectivity index (χ3n) is 2.86. The predicted molar refractivity (Wildman–Crippen MR) is 83.9 cm³/mol. The monoisotopic (exact) mass is 271 g/mol. The number of hydrogen-bond acceptors (Lipinski definition) is 5. The van der Waals surface area contributed by atoms with Crippen molar-refractivity contribution in [2.75, 3.05) is 29.5 Å². The third-order valence-corrected chi connectivity index (χ3v) is 2.86. The molecular formula is C15H21N5. The van der Waals surface area contributed by atoms with Gasteiger partial charge in [0.25, 0.3) is 0 Å². The maximum Gasteiger partial charge on any atom is 0.223 e. The Morgan fingerprint density at radius 1 is 1.00 bits per heavy atom. The fourth-order valence-electron chi connectivity index (χ4n) is 1.88. The van der Waals surface area contributed by atoms with E-state index in [2.05, 4.69) is 39.7 Å². The minimum atomic E-state index is 0.285. The van der Waals surface area contributed by atoms with E-state index in [-0.39, 0.29) is 5.95 Å². The number of anilines is 3. The molecule has 0 unspecified atom stereocenters. The summed E-state index contributed by atoms with van der Waals surface area (Å²) in [5.41, 5.74) is 7.01. The van der Waals surface area contributed by atoms with Gasteiger partial charge in [0.2, 0.25) is 5.95 Å². The Morgan fingerprint density at radius 3 is 2.30 bits per heavy atom. The number of benzene rings is 1. The summed E-state index contributed by atoms with van der Waals surface area (Å²) in [5.74, 6) is 1.81. The van der Waals surface area contributed by atoms with Gasteiger partial charge >= 0.3 is 0 Å². The molecule has 0 fully saturated rings. The molecule has 0 aliphatic rings. The molecule has 0 aliphatic heterocycles. The number of rotatable bonds is 7. The first-order valence-corrected chi connectivity index (χ1v) is 6.94. The average molecular weight is 271 g/mol. The van der Waals surface area contributed by atoms with Crippen LogP contribution in [0.5, 0.6) is 0 Å². The molecule has 2 rings (SSSR count).